The Morgan fingerprint density at radius 3 is 2.32 bits per heavy atom. The standard InChI is InChI=1S/C28H25ClF3N3O4S2/c1-18(26(36)39-2)17-40-27(34-41(37,38)23-14-10-21(11-15-23)28(30,31)32)35-16-24(19-6-4-3-5-7-19)25(33-35)20-8-12-22(29)13-9-20/h3-15,18,24H,16-17H2,1-2H3/b34-27-/t18-,24?/m0/s1. The fourth-order valence-electron chi connectivity index (χ4n) is 4.04. The van der Waals surface area contributed by atoms with Gasteiger partial charge >= 0.3 is 12.1 Å². The highest BCUT2D eigenvalue weighted by atomic mass is 35.5. The van der Waals surface area contributed by atoms with Crippen LogP contribution in [0, 0.1) is 5.92 Å². The lowest BCUT2D eigenvalue weighted by Gasteiger charge is -2.19. The summed E-state index contributed by atoms with van der Waals surface area (Å²) in [6, 6.07) is 19.7. The lowest BCUT2D eigenvalue weighted by atomic mass is 9.91. The lowest BCUT2D eigenvalue weighted by molar-refractivity contribution is -0.144. The van der Waals surface area contributed by atoms with Crippen LogP contribution in [-0.2, 0) is 25.7 Å². The number of methoxy groups -OCH3 is 1. The van der Waals surface area contributed by atoms with Crippen molar-refractivity contribution in [1.29, 1.82) is 0 Å². The second-order valence-electron chi connectivity index (χ2n) is 9.14. The SMILES string of the molecule is COC(=O)[C@@H](C)CS/C(=N\S(=O)(=O)c1ccc(C(F)(F)F)cc1)N1CC(c2ccccc2)C(c2ccc(Cl)cc2)=N1. The molecule has 0 saturated carbocycles. The first kappa shape index (κ1) is 30.6. The zero-order valence-corrected chi connectivity index (χ0v) is 24.3. The van der Waals surface area contributed by atoms with Crippen LogP contribution in [0.5, 0.6) is 0 Å². The van der Waals surface area contributed by atoms with Gasteiger partial charge < -0.3 is 4.74 Å². The molecule has 216 valence electrons. The van der Waals surface area contributed by atoms with E-state index >= 15 is 0 Å². The average molecular weight is 624 g/mol. The number of esters is 1. The Labute approximate surface area is 245 Å². The maximum Gasteiger partial charge on any atom is 0.416 e. The molecular weight excluding hydrogens is 599 g/mol. The second kappa shape index (κ2) is 12.7. The summed E-state index contributed by atoms with van der Waals surface area (Å²) in [5, 5.41) is 6.68. The predicted octanol–water partition coefficient (Wildman–Crippen LogP) is 6.45. The minimum Gasteiger partial charge on any atom is -0.469 e. The molecule has 3 aromatic carbocycles. The van der Waals surface area contributed by atoms with Crippen molar-refractivity contribution in [1.82, 2.24) is 5.01 Å². The number of carbonyl (C=O) groups is 1. The van der Waals surface area contributed by atoms with E-state index in [9.17, 15) is 26.4 Å². The molecule has 0 bridgehead atoms. The summed E-state index contributed by atoms with van der Waals surface area (Å²) in [5.41, 5.74) is 1.36. The van der Waals surface area contributed by atoms with Gasteiger partial charge in [0.15, 0.2) is 5.17 Å². The molecule has 0 N–H and O–H groups in total. The van der Waals surface area contributed by atoms with Gasteiger partial charge in [0.1, 0.15) is 0 Å². The van der Waals surface area contributed by atoms with Gasteiger partial charge in [-0.05, 0) is 47.5 Å². The largest absolute Gasteiger partial charge is 0.469 e. The van der Waals surface area contributed by atoms with Crippen LogP contribution in [0.2, 0.25) is 5.02 Å². The van der Waals surface area contributed by atoms with E-state index < -0.39 is 38.5 Å². The Bertz CT molecular complexity index is 1550. The fraction of sp³-hybridized carbons (Fsp3) is 0.250. The summed E-state index contributed by atoms with van der Waals surface area (Å²) in [6.07, 6.45) is -4.62. The van der Waals surface area contributed by atoms with Crippen molar-refractivity contribution in [2.24, 2.45) is 15.4 Å². The number of hydrogen-bond donors (Lipinski definition) is 0. The second-order valence-corrected chi connectivity index (χ2v) is 12.2. The molecule has 0 amide bonds. The number of ether oxygens (including phenoxy) is 1. The highest BCUT2D eigenvalue weighted by molar-refractivity contribution is 8.14. The Morgan fingerprint density at radius 2 is 1.73 bits per heavy atom. The van der Waals surface area contributed by atoms with Crippen LogP contribution in [0.15, 0.2) is 93.3 Å². The monoisotopic (exact) mass is 623 g/mol. The number of rotatable bonds is 7. The lowest BCUT2D eigenvalue weighted by Crippen LogP contribution is -2.26. The number of benzene rings is 3. The minimum atomic E-state index is -4.62. The minimum absolute atomic E-state index is 0.0365. The van der Waals surface area contributed by atoms with Gasteiger partial charge in [0, 0.05) is 16.7 Å². The molecule has 1 aliphatic heterocycles. The number of carbonyl (C=O) groups excluding carboxylic acids is 1. The van der Waals surface area contributed by atoms with Gasteiger partial charge in [0.05, 0.1) is 35.7 Å². The molecule has 0 radical (unpaired) electrons. The van der Waals surface area contributed by atoms with Crippen molar-refractivity contribution in [3.63, 3.8) is 0 Å². The van der Waals surface area contributed by atoms with Gasteiger partial charge in [-0.3, -0.25) is 4.79 Å². The van der Waals surface area contributed by atoms with Crippen LogP contribution >= 0.6 is 23.4 Å². The van der Waals surface area contributed by atoms with Crippen molar-refractivity contribution in [2.45, 2.75) is 23.9 Å². The first-order chi connectivity index (χ1) is 19.4. The van der Waals surface area contributed by atoms with Crippen LogP contribution < -0.4 is 0 Å². The third kappa shape index (κ3) is 7.49. The van der Waals surface area contributed by atoms with Gasteiger partial charge in [-0.2, -0.15) is 26.7 Å². The average Bonchev–Trinajstić information content (AvgIpc) is 3.40. The Morgan fingerprint density at radius 1 is 1.10 bits per heavy atom. The van der Waals surface area contributed by atoms with Gasteiger partial charge in [0.2, 0.25) is 0 Å². The molecule has 13 heteroatoms. The third-order valence-electron chi connectivity index (χ3n) is 6.22. The molecule has 1 unspecified atom stereocenters. The van der Waals surface area contributed by atoms with Crippen LogP contribution in [0.25, 0.3) is 0 Å². The quantitative estimate of drug-likeness (QED) is 0.171. The molecule has 4 rings (SSSR count). The van der Waals surface area contributed by atoms with E-state index in [1.54, 1.807) is 19.1 Å². The Kier molecular flexibility index (Phi) is 9.45. The maximum atomic E-state index is 13.3. The molecule has 0 aliphatic carbocycles. The summed E-state index contributed by atoms with van der Waals surface area (Å²) in [6.45, 7) is 1.85. The predicted molar refractivity (Wildman–Crippen MR) is 154 cm³/mol. The first-order valence-electron chi connectivity index (χ1n) is 12.3. The zero-order chi connectivity index (χ0) is 29.8. The smallest absolute Gasteiger partial charge is 0.416 e. The van der Waals surface area contributed by atoms with Gasteiger partial charge in [-0.15, -0.1) is 4.40 Å². The van der Waals surface area contributed by atoms with Gasteiger partial charge in [-0.1, -0.05) is 72.8 Å². The zero-order valence-electron chi connectivity index (χ0n) is 21.9. The number of nitrogens with zero attached hydrogens (tertiary/aromatic N) is 3. The van der Waals surface area contributed by atoms with Crippen molar-refractivity contribution in [3.8, 4) is 0 Å². The molecule has 1 heterocycles. The van der Waals surface area contributed by atoms with E-state index in [0.29, 0.717) is 22.9 Å². The molecule has 2 atom stereocenters. The first-order valence-corrected chi connectivity index (χ1v) is 15.1. The number of sulfonamides is 1. The topological polar surface area (TPSA) is 88.4 Å². The van der Waals surface area contributed by atoms with Crippen molar-refractivity contribution >= 4 is 50.2 Å². The van der Waals surface area contributed by atoms with Crippen molar-refractivity contribution in [3.05, 3.63) is 101 Å². The molecule has 3 aromatic rings. The van der Waals surface area contributed by atoms with Gasteiger partial charge in [-0.25, -0.2) is 5.01 Å². The maximum absolute atomic E-state index is 13.3. The number of amidine groups is 1. The molecule has 7 nitrogen and oxygen atoms in total. The van der Waals surface area contributed by atoms with Gasteiger partial charge in [0.25, 0.3) is 10.0 Å². The van der Waals surface area contributed by atoms with Crippen molar-refractivity contribution < 1.29 is 31.1 Å². The normalized spacial score (nSPS) is 16.8. The summed E-state index contributed by atoms with van der Waals surface area (Å²) in [7, 11) is -3.20. The molecule has 0 saturated heterocycles. The summed E-state index contributed by atoms with van der Waals surface area (Å²) >= 11 is 7.07. The number of thioether (sulfide) groups is 1. The fourth-order valence-corrected chi connectivity index (χ4v) is 6.35. The summed E-state index contributed by atoms with van der Waals surface area (Å²) in [5.74, 6) is -1.24. The van der Waals surface area contributed by atoms with Crippen LogP contribution in [-0.4, -0.2) is 49.7 Å². The van der Waals surface area contributed by atoms with Crippen LogP contribution in [0.4, 0.5) is 13.2 Å². The summed E-state index contributed by atoms with van der Waals surface area (Å²) < 4.78 is 74.4. The Hall–Kier alpha value is -3.35. The van der Waals surface area contributed by atoms with Crippen molar-refractivity contribution in [2.75, 3.05) is 19.4 Å². The number of halogens is 4. The van der Waals surface area contributed by atoms with E-state index in [1.807, 2.05) is 42.5 Å². The summed E-state index contributed by atoms with van der Waals surface area (Å²) in [4.78, 5) is 11.6. The molecule has 41 heavy (non-hydrogen) atoms. The van der Waals surface area contributed by atoms with E-state index in [2.05, 4.69) is 4.40 Å². The van der Waals surface area contributed by atoms with Crippen LogP contribution in [0.3, 0.4) is 0 Å². The van der Waals surface area contributed by atoms with E-state index in [1.165, 1.54) is 12.1 Å². The van der Waals surface area contributed by atoms with E-state index in [4.69, 9.17) is 21.4 Å². The van der Waals surface area contributed by atoms with Crippen LogP contribution in [0.1, 0.15) is 29.5 Å². The van der Waals surface area contributed by atoms with E-state index in [-0.39, 0.29) is 23.4 Å². The molecular formula is C28H25ClF3N3O4S2. The Balaban J connectivity index is 1.76. The highest BCUT2D eigenvalue weighted by Gasteiger charge is 2.34. The molecule has 1 aliphatic rings. The third-order valence-corrected chi connectivity index (χ3v) is 9.10. The molecule has 0 aromatic heterocycles. The number of hydrazone groups is 1. The highest BCUT2D eigenvalue weighted by Crippen LogP contribution is 2.33. The molecule has 0 fully saturated rings. The number of hydrogen-bond acceptors (Lipinski definition) is 6. The number of alkyl halides is 3. The molecule has 0 spiro atoms. The van der Waals surface area contributed by atoms with E-state index in [0.717, 1.165) is 35.0 Å².